The highest BCUT2D eigenvalue weighted by molar-refractivity contribution is 5.36. The minimum absolute atomic E-state index is 0.381. The molecule has 1 fully saturated rings. The summed E-state index contributed by atoms with van der Waals surface area (Å²) >= 11 is 0. The molecular formula is C17H18O2. The van der Waals surface area contributed by atoms with Crippen LogP contribution in [0.5, 0.6) is 5.75 Å². The normalized spacial score (nSPS) is 16.1. The summed E-state index contributed by atoms with van der Waals surface area (Å²) in [7, 11) is 0. The van der Waals surface area contributed by atoms with Crippen molar-refractivity contribution >= 4 is 0 Å². The minimum atomic E-state index is -0.595. The lowest BCUT2D eigenvalue weighted by Gasteiger charge is -2.13. The summed E-state index contributed by atoms with van der Waals surface area (Å²) in [6.45, 7) is 2.03. The fraction of sp³-hybridized carbons (Fsp3) is 0.294. The molecule has 1 saturated carbocycles. The van der Waals surface area contributed by atoms with Crippen LogP contribution in [-0.2, 0) is 0 Å². The van der Waals surface area contributed by atoms with Crippen LogP contribution >= 0.6 is 0 Å². The van der Waals surface area contributed by atoms with Crippen molar-refractivity contribution in [3.05, 3.63) is 65.2 Å². The fourth-order valence-electron chi connectivity index (χ4n) is 2.17. The second-order valence-electron chi connectivity index (χ2n) is 5.21. The predicted octanol–water partition coefficient (Wildman–Crippen LogP) is 3.62. The van der Waals surface area contributed by atoms with Crippen molar-refractivity contribution in [3.63, 3.8) is 0 Å². The van der Waals surface area contributed by atoms with E-state index < -0.39 is 6.10 Å². The van der Waals surface area contributed by atoms with E-state index in [0.717, 1.165) is 35.3 Å². The Morgan fingerprint density at radius 2 is 1.74 bits per heavy atom. The van der Waals surface area contributed by atoms with Crippen LogP contribution in [0.1, 0.15) is 35.6 Å². The molecule has 1 atom stereocenters. The number of ether oxygens (including phenoxy) is 1. The molecule has 1 aliphatic rings. The van der Waals surface area contributed by atoms with Gasteiger partial charge in [-0.25, -0.2) is 0 Å². The molecule has 19 heavy (non-hydrogen) atoms. The summed E-state index contributed by atoms with van der Waals surface area (Å²) in [5, 5.41) is 10.4. The maximum Gasteiger partial charge on any atom is 0.120 e. The molecule has 0 aromatic heterocycles. The molecule has 0 aliphatic heterocycles. The molecule has 2 aromatic carbocycles. The Balaban J connectivity index is 1.83. The van der Waals surface area contributed by atoms with E-state index in [0.29, 0.717) is 6.10 Å². The highest BCUT2D eigenvalue weighted by atomic mass is 16.5. The van der Waals surface area contributed by atoms with Gasteiger partial charge in [0.25, 0.3) is 0 Å². The maximum absolute atomic E-state index is 10.4. The molecule has 0 saturated heterocycles. The molecule has 98 valence electrons. The molecule has 1 aliphatic carbocycles. The average molecular weight is 254 g/mol. The Labute approximate surface area is 113 Å². The molecule has 0 heterocycles. The molecule has 0 radical (unpaired) electrons. The van der Waals surface area contributed by atoms with Gasteiger partial charge < -0.3 is 9.84 Å². The smallest absolute Gasteiger partial charge is 0.120 e. The molecule has 2 nitrogen and oxygen atoms in total. The van der Waals surface area contributed by atoms with E-state index in [2.05, 4.69) is 0 Å². The fourth-order valence-corrected chi connectivity index (χ4v) is 2.17. The minimum Gasteiger partial charge on any atom is -0.490 e. The summed E-state index contributed by atoms with van der Waals surface area (Å²) in [4.78, 5) is 0. The van der Waals surface area contributed by atoms with Gasteiger partial charge in [-0.05, 0) is 43.0 Å². The molecule has 0 spiro atoms. The first-order valence-corrected chi connectivity index (χ1v) is 6.73. The van der Waals surface area contributed by atoms with Crippen LogP contribution in [0.2, 0.25) is 0 Å². The second-order valence-corrected chi connectivity index (χ2v) is 5.21. The average Bonchev–Trinajstić information content (AvgIpc) is 3.22. The highest BCUT2D eigenvalue weighted by Gasteiger charge is 2.23. The van der Waals surface area contributed by atoms with Gasteiger partial charge in [-0.2, -0.15) is 0 Å². The lowest BCUT2D eigenvalue weighted by Crippen LogP contribution is -2.01. The first kappa shape index (κ1) is 12.2. The van der Waals surface area contributed by atoms with Crippen molar-refractivity contribution in [1.82, 2.24) is 0 Å². The van der Waals surface area contributed by atoms with Gasteiger partial charge in [0.2, 0.25) is 0 Å². The van der Waals surface area contributed by atoms with Crippen molar-refractivity contribution in [2.45, 2.75) is 32.0 Å². The van der Waals surface area contributed by atoms with Crippen LogP contribution < -0.4 is 4.74 Å². The predicted molar refractivity (Wildman–Crippen MR) is 75.3 cm³/mol. The lowest BCUT2D eigenvalue weighted by atomic mass is 10.00. The standard InChI is InChI=1S/C17H18O2/c1-12-4-2-5-13(10-12)17(18)14-6-3-7-16(11-14)19-15-8-9-15/h2-7,10-11,15,17-18H,8-9H2,1H3. The SMILES string of the molecule is Cc1cccc(C(O)c2cccc(OC3CC3)c2)c1. The molecular weight excluding hydrogens is 236 g/mol. The Bertz CT molecular complexity index is 573. The maximum atomic E-state index is 10.4. The third-order valence-electron chi connectivity index (χ3n) is 3.36. The summed E-state index contributed by atoms with van der Waals surface area (Å²) in [5.74, 6) is 0.853. The first-order chi connectivity index (χ1) is 9.22. The number of benzene rings is 2. The van der Waals surface area contributed by atoms with Crippen molar-refractivity contribution in [2.24, 2.45) is 0 Å². The van der Waals surface area contributed by atoms with Gasteiger partial charge >= 0.3 is 0 Å². The zero-order valence-electron chi connectivity index (χ0n) is 11.0. The first-order valence-electron chi connectivity index (χ1n) is 6.73. The molecule has 1 unspecified atom stereocenters. The molecule has 2 heteroatoms. The molecule has 3 rings (SSSR count). The summed E-state index contributed by atoms with van der Waals surface area (Å²) in [6.07, 6.45) is 2.07. The van der Waals surface area contributed by atoms with Crippen LogP contribution in [0.25, 0.3) is 0 Å². The van der Waals surface area contributed by atoms with Crippen molar-refractivity contribution < 1.29 is 9.84 Å². The van der Waals surface area contributed by atoms with E-state index in [9.17, 15) is 5.11 Å². The van der Waals surface area contributed by atoms with Crippen LogP contribution in [0, 0.1) is 6.92 Å². The van der Waals surface area contributed by atoms with Gasteiger partial charge in [-0.1, -0.05) is 42.0 Å². The summed E-state index contributed by atoms with van der Waals surface area (Å²) in [5.41, 5.74) is 2.95. The molecule has 0 amide bonds. The Hall–Kier alpha value is -1.80. The Kier molecular flexibility index (Phi) is 3.26. The van der Waals surface area contributed by atoms with E-state index in [4.69, 9.17) is 4.74 Å². The van der Waals surface area contributed by atoms with E-state index in [1.165, 1.54) is 0 Å². The molecule has 1 N–H and O–H groups in total. The van der Waals surface area contributed by atoms with Crippen molar-refractivity contribution in [2.75, 3.05) is 0 Å². The van der Waals surface area contributed by atoms with Gasteiger partial charge in [0.05, 0.1) is 6.10 Å². The van der Waals surface area contributed by atoms with Crippen LogP contribution in [0.3, 0.4) is 0 Å². The number of hydrogen-bond acceptors (Lipinski definition) is 2. The van der Waals surface area contributed by atoms with Crippen LogP contribution in [-0.4, -0.2) is 11.2 Å². The Morgan fingerprint density at radius 1 is 1.05 bits per heavy atom. The van der Waals surface area contributed by atoms with Crippen molar-refractivity contribution in [3.8, 4) is 5.75 Å². The number of aryl methyl sites for hydroxylation is 1. The summed E-state index contributed by atoms with van der Waals surface area (Å²) < 4.78 is 5.76. The van der Waals surface area contributed by atoms with Crippen LogP contribution in [0.4, 0.5) is 0 Å². The van der Waals surface area contributed by atoms with Gasteiger partial charge in [0, 0.05) is 0 Å². The van der Waals surface area contributed by atoms with E-state index in [-0.39, 0.29) is 0 Å². The topological polar surface area (TPSA) is 29.5 Å². The highest BCUT2D eigenvalue weighted by Crippen LogP contribution is 2.30. The third-order valence-corrected chi connectivity index (χ3v) is 3.36. The molecule has 0 bridgehead atoms. The zero-order valence-corrected chi connectivity index (χ0v) is 11.0. The third kappa shape index (κ3) is 2.96. The lowest BCUT2D eigenvalue weighted by molar-refractivity contribution is 0.219. The largest absolute Gasteiger partial charge is 0.490 e. The van der Waals surface area contributed by atoms with E-state index >= 15 is 0 Å². The number of aliphatic hydroxyl groups excluding tert-OH is 1. The van der Waals surface area contributed by atoms with Gasteiger partial charge in [0.15, 0.2) is 0 Å². The Morgan fingerprint density at radius 3 is 2.42 bits per heavy atom. The number of aliphatic hydroxyl groups is 1. The quantitative estimate of drug-likeness (QED) is 0.903. The van der Waals surface area contributed by atoms with E-state index in [1.807, 2.05) is 55.5 Å². The zero-order chi connectivity index (χ0) is 13.2. The second kappa shape index (κ2) is 5.06. The number of rotatable bonds is 4. The van der Waals surface area contributed by atoms with Gasteiger partial charge in [-0.3, -0.25) is 0 Å². The molecule has 2 aromatic rings. The van der Waals surface area contributed by atoms with Crippen molar-refractivity contribution in [1.29, 1.82) is 0 Å². The van der Waals surface area contributed by atoms with Crippen LogP contribution in [0.15, 0.2) is 48.5 Å². The van der Waals surface area contributed by atoms with E-state index in [1.54, 1.807) is 0 Å². The van der Waals surface area contributed by atoms with Gasteiger partial charge in [0.1, 0.15) is 11.9 Å². The number of hydrogen-bond donors (Lipinski definition) is 1. The summed E-state index contributed by atoms with van der Waals surface area (Å²) in [6, 6.07) is 15.7. The monoisotopic (exact) mass is 254 g/mol. The van der Waals surface area contributed by atoms with Gasteiger partial charge in [-0.15, -0.1) is 0 Å².